The lowest BCUT2D eigenvalue weighted by Gasteiger charge is -2.12. The molecular formula is C16H16O3S. The van der Waals surface area contributed by atoms with Gasteiger partial charge in [0.05, 0.1) is 24.7 Å². The summed E-state index contributed by atoms with van der Waals surface area (Å²) in [5.41, 5.74) is 1.73. The molecule has 0 N–H and O–H groups in total. The lowest BCUT2D eigenvalue weighted by Crippen LogP contribution is -1.95. The Hall–Kier alpha value is -1.94. The van der Waals surface area contributed by atoms with E-state index in [0.717, 1.165) is 16.9 Å². The third-order valence-electron chi connectivity index (χ3n) is 2.88. The SMILES string of the molecule is COc1cc(SCc2ccccc2)c(OC)cc1C=O. The predicted molar refractivity (Wildman–Crippen MR) is 80.9 cm³/mol. The molecule has 3 nitrogen and oxygen atoms in total. The fourth-order valence-corrected chi connectivity index (χ4v) is 2.82. The van der Waals surface area contributed by atoms with Crippen molar-refractivity contribution in [2.24, 2.45) is 0 Å². The van der Waals surface area contributed by atoms with Gasteiger partial charge in [0.15, 0.2) is 6.29 Å². The van der Waals surface area contributed by atoms with Gasteiger partial charge in [-0.3, -0.25) is 4.79 Å². The van der Waals surface area contributed by atoms with E-state index >= 15 is 0 Å². The molecule has 20 heavy (non-hydrogen) atoms. The van der Waals surface area contributed by atoms with Crippen LogP contribution in [0.3, 0.4) is 0 Å². The smallest absolute Gasteiger partial charge is 0.153 e. The Morgan fingerprint density at radius 1 is 1.05 bits per heavy atom. The molecule has 0 saturated carbocycles. The van der Waals surface area contributed by atoms with Crippen LogP contribution in [0.1, 0.15) is 15.9 Å². The fourth-order valence-electron chi connectivity index (χ4n) is 1.83. The number of hydrogen-bond donors (Lipinski definition) is 0. The first-order chi connectivity index (χ1) is 9.78. The quantitative estimate of drug-likeness (QED) is 0.598. The molecule has 0 atom stereocenters. The van der Waals surface area contributed by atoms with Crippen LogP contribution in [-0.2, 0) is 5.75 Å². The van der Waals surface area contributed by atoms with Gasteiger partial charge in [-0.05, 0) is 17.7 Å². The molecule has 2 aromatic carbocycles. The monoisotopic (exact) mass is 288 g/mol. The Kier molecular flexibility index (Phi) is 5.07. The molecule has 0 fully saturated rings. The number of thioether (sulfide) groups is 1. The largest absolute Gasteiger partial charge is 0.496 e. The average Bonchev–Trinajstić information content (AvgIpc) is 2.52. The van der Waals surface area contributed by atoms with E-state index in [1.165, 1.54) is 5.56 Å². The van der Waals surface area contributed by atoms with Crippen LogP contribution >= 0.6 is 11.8 Å². The summed E-state index contributed by atoms with van der Waals surface area (Å²) in [5.74, 6) is 2.09. The first-order valence-corrected chi connectivity index (χ1v) is 7.15. The van der Waals surface area contributed by atoms with Crippen molar-refractivity contribution in [2.45, 2.75) is 10.6 Å². The molecule has 0 bridgehead atoms. The highest BCUT2D eigenvalue weighted by atomic mass is 32.2. The van der Waals surface area contributed by atoms with Gasteiger partial charge in [-0.15, -0.1) is 11.8 Å². The molecular weight excluding hydrogens is 272 g/mol. The van der Waals surface area contributed by atoms with Crippen LogP contribution in [0.5, 0.6) is 11.5 Å². The van der Waals surface area contributed by atoms with Gasteiger partial charge in [0.2, 0.25) is 0 Å². The third kappa shape index (κ3) is 3.33. The number of hydrogen-bond acceptors (Lipinski definition) is 4. The standard InChI is InChI=1S/C16H16O3S/c1-18-14-9-16(15(19-2)8-13(14)10-17)20-11-12-6-4-3-5-7-12/h3-10H,11H2,1-2H3. The maximum atomic E-state index is 11.0. The molecule has 2 aromatic rings. The van der Waals surface area contributed by atoms with Crippen molar-refractivity contribution in [3.8, 4) is 11.5 Å². The Morgan fingerprint density at radius 3 is 2.35 bits per heavy atom. The Bertz CT molecular complexity index is 582. The third-order valence-corrected chi connectivity index (χ3v) is 3.99. The van der Waals surface area contributed by atoms with E-state index in [2.05, 4.69) is 12.1 Å². The molecule has 0 saturated heterocycles. The van der Waals surface area contributed by atoms with Crippen LogP contribution in [0, 0.1) is 0 Å². The average molecular weight is 288 g/mol. The number of ether oxygens (including phenoxy) is 2. The highest BCUT2D eigenvalue weighted by molar-refractivity contribution is 7.98. The van der Waals surface area contributed by atoms with Crippen LogP contribution in [0.15, 0.2) is 47.4 Å². The first kappa shape index (κ1) is 14.5. The van der Waals surface area contributed by atoms with E-state index < -0.39 is 0 Å². The summed E-state index contributed by atoms with van der Waals surface area (Å²) in [5, 5.41) is 0. The molecule has 0 aliphatic heterocycles. The van der Waals surface area contributed by atoms with Crippen molar-refractivity contribution in [2.75, 3.05) is 14.2 Å². The van der Waals surface area contributed by atoms with Gasteiger partial charge in [0, 0.05) is 5.75 Å². The van der Waals surface area contributed by atoms with Gasteiger partial charge in [0.1, 0.15) is 11.5 Å². The molecule has 4 heteroatoms. The van der Waals surface area contributed by atoms with Crippen LogP contribution < -0.4 is 9.47 Å². The number of rotatable bonds is 6. The van der Waals surface area contributed by atoms with E-state index in [4.69, 9.17) is 9.47 Å². The van der Waals surface area contributed by atoms with Crippen molar-refractivity contribution < 1.29 is 14.3 Å². The van der Waals surface area contributed by atoms with Gasteiger partial charge in [0.25, 0.3) is 0 Å². The van der Waals surface area contributed by atoms with Gasteiger partial charge in [-0.25, -0.2) is 0 Å². The lowest BCUT2D eigenvalue weighted by molar-refractivity contribution is 0.112. The summed E-state index contributed by atoms with van der Waals surface area (Å²) in [4.78, 5) is 12.0. The Morgan fingerprint density at radius 2 is 1.75 bits per heavy atom. The minimum atomic E-state index is 0.494. The zero-order valence-electron chi connectivity index (χ0n) is 11.5. The van der Waals surface area contributed by atoms with E-state index in [9.17, 15) is 4.79 Å². The van der Waals surface area contributed by atoms with Crippen LogP contribution in [0.4, 0.5) is 0 Å². The van der Waals surface area contributed by atoms with Gasteiger partial charge < -0.3 is 9.47 Å². The zero-order valence-corrected chi connectivity index (χ0v) is 12.3. The molecule has 0 spiro atoms. The molecule has 0 aromatic heterocycles. The molecule has 0 heterocycles. The van der Waals surface area contributed by atoms with Crippen LogP contribution in [0.25, 0.3) is 0 Å². The van der Waals surface area contributed by atoms with Crippen molar-refractivity contribution in [1.29, 1.82) is 0 Å². The molecule has 2 rings (SSSR count). The molecule has 0 aliphatic carbocycles. The lowest BCUT2D eigenvalue weighted by atomic mass is 10.2. The Balaban J connectivity index is 2.24. The minimum absolute atomic E-state index is 0.494. The van der Waals surface area contributed by atoms with E-state index in [-0.39, 0.29) is 0 Å². The molecule has 0 amide bonds. The molecule has 0 unspecified atom stereocenters. The summed E-state index contributed by atoms with van der Waals surface area (Å²) < 4.78 is 10.6. The first-order valence-electron chi connectivity index (χ1n) is 6.16. The van der Waals surface area contributed by atoms with Gasteiger partial charge in [-0.1, -0.05) is 30.3 Å². The minimum Gasteiger partial charge on any atom is -0.496 e. The second-order valence-electron chi connectivity index (χ2n) is 4.14. The predicted octanol–water partition coefficient (Wildman–Crippen LogP) is 3.81. The maximum absolute atomic E-state index is 11.0. The van der Waals surface area contributed by atoms with E-state index in [1.54, 1.807) is 32.0 Å². The summed E-state index contributed by atoms with van der Waals surface area (Å²) in [6, 6.07) is 13.7. The second kappa shape index (κ2) is 7.01. The Labute approximate surface area is 122 Å². The van der Waals surface area contributed by atoms with Crippen LogP contribution in [-0.4, -0.2) is 20.5 Å². The molecule has 0 aliphatic rings. The number of aldehydes is 1. The van der Waals surface area contributed by atoms with Crippen LogP contribution in [0.2, 0.25) is 0 Å². The topological polar surface area (TPSA) is 35.5 Å². The van der Waals surface area contributed by atoms with Gasteiger partial charge in [-0.2, -0.15) is 0 Å². The second-order valence-corrected chi connectivity index (χ2v) is 5.15. The van der Waals surface area contributed by atoms with Crippen molar-refractivity contribution in [1.82, 2.24) is 0 Å². The molecule has 104 valence electrons. The van der Waals surface area contributed by atoms with E-state index in [1.807, 2.05) is 24.3 Å². The number of carbonyl (C=O) groups is 1. The summed E-state index contributed by atoms with van der Waals surface area (Å²) >= 11 is 1.65. The number of methoxy groups -OCH3 is 2. The van der Waals surface area contributed by atoms with Gasteiger partial charge >= 0.3 is 0 Å². The fraction of sp³-hybridized carbons (Fsp3) is 0.188. The molecule has 0 radical (unpaired) electrons. The van der Waals surface area contributed by atoms with Crippen molar-refractivity contribution >= 4 is 18.0 Å². The zero-order chi connectivity index (χ0) is 14.4. The highest BCUT2D eigenvalue weighted by Gasteiger charge is 2.11. The van der Waals surface area contributed by atoms with Crippen molar-refractivity contribution in [3.63, 3.8) is 0 Å². The normalized spacial score (nSPS) is 10.1. The number of carbonyl (C=O) groups excluding carboxylic acids is 1. The summed E-state index contributed by atoms with van der Waals surface area (Å²) in [6.45, 7) is 0. The number of benzene rings is 2. The van der Waals surface area contributed by atoms with E-state index in [0.29, 0.717) is 17.1 Å². The maximum Gasteiger partial charge on any atom is 0.153 e. The highest BCUT2D eigenvalue weighted by Crippen LogP contribution is 2.36. The van der Waals surface area contributed by atoms with Crippen molar-refractivity contribution in [3.05, 3.63) is 53.6 Å². The summed E-state index contributed by atoms with van der Waals surface area (Å²) in [6.07, 6.45) is 0.771. The summed E-state index contributed by atoms with van der Waals surface area (Å²) in [7, 11) is 3.16.